The fourth-order valence-electron chi connectivity index (χ4n) is 3.22. The van der Waals surface area contributed by atoms with Gasteiger partial charge in [-0.25, -0.2) is 4.90 Å². The summed E-state index contributed by atoms with van der Waals surface area (Å²) in [5.74, 6) is -0.493. The number of hydrogen-bond acceptors (Lipinski definition) is 5. The minimum atomic E-state index is -0.458. The predicted octanol–water partition coefficient (Wildman–Crippen LogP) is 5.12. The first-order chi connectivity index (χ1) is 14.0. The molecule has 2 heterocycles. The Labute approximate surface area is 177 Å². The molecule has 146 valence electrons. The summed E-state index contributed by atoms with van der Waals surface area (Å²) in [6, 6.07) is 16.1. The van der Waals surface area contributed by atoms with Crippen molar-refractivity contribution in [3.05, 3.63) is 81.1 Å². The van der Waals surface area contributed by atoms with Gasteiger partial charge in [0.25, 0.3) is 11.8 Å². The monoisotopic (exact) mass is 424 g/mol. The van der Waals surface area contributed by atoms with Crippen molar-refractivity contribution in [1.29, 1.82) is 0 Å². The second-order valence-electron chi connectivity index (χ2n) is 6.48. The van der Waals surface area contributed by atoms with E-state index < -0.39 is 11.8 Å². The van der Waals surface area contributed by atoms with Gasteiger partial charge in [-0.1, -0.05) is 29.8 Å². The first-order valence-electron chi connectivity index (χ1n) is 8.83. The highest BCUT2D eigenvalue weighted by Gasteiger charge is 2.42. The normalized spacial score (nSPS) is 14.0. The lowest BCUT2D eigenvalue weighted by Crippen LogP contribution is -2.32. The maximum atomic E-state index is 13.4. The standard InChI is InChI=1S/C22H17ClN2O3S/c1-13-5-3-6-15(11-13)24-20-19(18-7-4-10-29-18)21(26)25(22(20)27)16-12-14(23)8-9-17(16)28-2/h3-12,24H,1-2H3. The van der Waals surface area contributed by atoms with Gasteiger partial charge in [0, 0.05) is 15.6 Å². The van der Waals surface area contributed by atoms with Crippen LogP contribution in [0.2, 0.25) is 5.02 Å². The van der Waals surface area contributed by atoms with Crippen molar-refractivity contribution in [2.75, 3.05) is 17.3 Å². The lowest BCUT2D eigenvalue weighted by atomic mass is 10.1. The first kappa shape index (κ1) is 19.2. The zero-order valence-corrected chi connectivity index (χ0v) is 17.3. The zero-order valence-electron chi connectivity index (χ0n) is 15.7. The molecule has 0 spiro atoms. The van der Waals surface area contributed by atoms with Gasteiger partial charge < -0.3 is 10.1 Å². The highest BCUT2D eigenvalue weighted by atomic mass is 35.5. The molecule has 0 radical (unpaired) electrons. The fraction of sp³-hybridized carbons (Fsp3) is 0.0909. The number of nitrogens with zero attached hydrogens (tertiary/aromatic N) is 1. The molecule has 1 aromatic heterocycles. The number of ether oxygens (including phenoxy) is 1. The Hall–Kier alpha value is -3.09. The van der Waals surface area contributed by atoms with Crippen LogP contribution in [0, 0.1) is 6.92 Å². The minimum absolute atomic E-state index is 0.227. The van der Waals surface area contributed by atoms with Crippen molar-refractivity contribution in [3.63, 3.8) is 0 Å². The van der Waals surface area contributed by atoms with Crippen LogP contribution in [-0.4, -0.2) is 18.9 Å². The van der Waals surface area contributed by atoms with Crippen LogP contribution in [-0.2, 0) is 9.59 Å². The maximum absolute atomic E-state index is 13.4. The average molecular weight is 425 g/mol. The van der Waals surface area contributed by atoms with Gasteiger partial charge in [0.05, 0.1) is 18.4 Å². The van der Waals surface area contributed by atoms with E-state index in [0.29, 0.717) is 26.9 Å². The van der Waals surface area contributed by atoms with Crippen LogP contribution in [0.1, 0.15) is 10.4 Å². The highest BCUT2D eigenvalue weighted by molar-refractivity contribution is 7.11. The Kier molecular flexibility index (Phi) is 5.13. The molecule has 0 saturated carbocycles. The molecule has 2 aromatic carbocycles. The van der Waals surface area contributed by atoms with Crippen LogP contribution in [0.25, 0.3) is 5.57 Å². The van der Waals surface area contributed by atoms with Crippen LogP contribution in [0.4, 0.5) is 11.4 Å². The second kappa shape index (κ2) is 7.73. The summed E-state index contributed by atoms with van der Waals surface area (Å²) in [7, 11) is 1.48. The fourth-order valence-corrected chi connectivity index (χ4v) is 4.15. The Bertz CT molecular complexity index is 1140. The number of halogens is 1. The summed E-state index contributed by atoms with van der Waals surface area (Å²) >= 11 is 7.53. The zero-order chi connectivity index (χ0) is 20.5. The van der Waals surface area contributed by atoms with E-state index in [2.05, 4.69) is 5.32 Å². The number of anilines is 2. The molecule has 1 aliphatic heterocycles. The van der Waals surface area contributed by atoms with Crippen molar-refractivity contribution >= 4 is 51.7 Å². The number of imide groups is 1. The summed E-state index contributed by atoms with van der Waals surface area (Å²) in [5.41, 5.74) is 2.64. The molecule has 0 unspecified atom stereocenters. The van der Waals surface area contributed by atoms with Gasteiger partial charge >= 0.3 is 0 Å². The van der Waals surface area contributed by atoms with Gasteiger partial charge in [-0.3, -0.25) is 9.59 Å². The molecule has 5 nitrogen and oxygen atoms in total. The third-order valence-corrected chi connectivity index (χ3v) is 5.64. The number of methoxy groups -OCH3 is 1. The minimum Gasteiger partial charge on any atom is -0.495 e. The molecule has 1 aliphatic rings. The van der Waals surface area contributed by atoms with E-state index in [-0.39, 0.29) is 5.70 Å². The maximum Gasteiger partial charge on any atom is 0.282 e. The lowest BCUT2D eigenvalue weighted by molar-refractivity contribution is -0.120. The first-order valence-corrected chi connectivity index (χ1v) is 10.1. The highest BCUT2D eigenvalue weighted by Crippen LogP contribution is 2.40. The number of benzene rings is 2. The molecule has 4 rings (SSSR count). The van der Waals surface area contributed by atoms with Crippen molar-refractivity contribution in [2.24, 2.45) is 0 Å². The summed E-state index contributed by atoms with van der Waals surface area (Å²) < 4.78 is 5.36. The SMILES string of the molecule is COc1ccc(Cl)cc1N1C(=O)C(Nc2cccc(C)c2)=C(c2cccs2)C1=O. The Morgan fingerprint density at radius 1 is 1.03 bits per heavy atom. The van der Waals surface area contributed by atoms with E-state index in [1.807, 2.05) is 48.7 Å². The average Bonchev–Trinajstić information content (AvgIpc) is 3.29. The van der Waals surface area contributed by atoms with Crippen molar-refractivity contribution < 1.29 is 14.3 Å². The summed E-state index contributed by atoms with van der Waals surface area (Å²) in [6.07, 6.45) is 0. The topological polar surface area (TPSA) is 58.6 Å². The number of carbonyl (C=O) groups excluding carboxylic acids is 2. The number of aryl methyl sites for hydroxylation is 1. The Balaban J connectivity index is 1.84. The smallest absolute Gasteiger partial charge is 0.282 e. The molecule has 7 heteroatoms. The quantitative estimate of drug-likeness (QED) is 0.578. The van der Waals surface area contributed by atoms with Gasteiger partial charge in [0.2, 0.25) is 0 Å². The second-order valence-corrected chi connectivity index (χ2v) is 7.87. The molecular weight excluding hydrogens is 408 g/mol. The van der Waals surface area contributed by atoms with Crippen LogP contribution in [0.15, 0.2) is 65.7 Å². The van der Waals surface area contributed by atoms with E-state index in [4.69, 9.17) is 16.3 Å². The number of carbonyl (C=O) groups is 2. The molecule has 0 bridgehead atoms. The van der Waals surface area contributed by atoms with Gasteiger partial charge in [-0.15, -0.1) is 11.3 Å². The van der Waals surface area contributed by atoms with Crippen molar-refractivity contribution in [2.45, 2.75) is 6.92 Å². The molecule has 2 amide bonds. The number of nitrogens with one attached hydrogen (secondary N) is 1. The van der Waals surface area contributed by atoms with E-state index in [1.54, 1.807) is 18.2 Å². The summed E-state index contributed by atoms with van der Waals surface area (Å²) in [6.45, 7) is 1.96. The molecule has 0 fully saturated rings. The summed E-state index contributed by atoms with van der Waals surface area (Å²) in [5, 5.41) is 5.42. The molecule has 1 N–H and O–H groups in total. The van der Waals surface area contributed by atoms with Crippen molar-refractivity contribution in [3.8, 4) is 5.75 Å². The number of amides is 2. The van der Waals surface area contributed by atoms with Gasteiger partial charge in [0.1, 0.15) is 11.4 Å². The molecule has 0 atom stereocenters. The lowest BCUT2D eigenvalue weighted by Gasteiger charge is -2.18. The van der Waals surface area contributed by atoms with E-state index in [0.717, 1.165) is 16.2 Å². The van der Waals surface area contributed by atoms with Crippen molar-refractivity contribution in [1.82, 2.24) is 0 Å². The van der Waals surface area contributed by atoms with E-state index in [1.165, 1.54) is 18.4 Å². The number of thiophene rings is 1. The molecule has 0 saturated heterocycles. The van der Waals surface area contributed by atoms with Crippen LogP contribution in [0.3, 0.4) is 0 Å². The number of hydrogen-bond donors (Lipinski definition) is 1. The van der Waals surface area contributed by atoms with Crippen LogP contribution >= 0.6 is 22.9 Å². The van der Waals surface area contributed by atoms with Gasteiger partial charge in [-0.2, -0.15) is 0 Å². The Morgan fingerprint density at radius 3 is 2.55 bits per heavy atom. The molecule has 0 aliphatic carbocycles. The van der Waals surface area contributed by atoms with Crippen LogP contribution in [0.5, 0.6) is 5.75 Å². The molecule has 29 heavy (non-hydrogen) atoms. The Morgan fingerprint density at radius 2 is 1.86 bits per heavy atom. The molecule has 3 aromatic rings. The third-order valence-electron chi connectivity index (χ3n) is 4.52. The summed E-state index contributed by atoms with van der Waals surface area (Å²) in [4.78, 5) is 28.6. The predicted molar refractivity (Wildman–Crippen MR) is 117 cm³/mol. The van der Waals surface area contributed by atoms with E-state index >= 15 is 0 Å². The third kappa shape index (κ3) is 3.52. The largest absolute Gasteiger partial charge is 0.495 e. The van der Waals surface area contributed by atoms with Gasteiger partial charge in [-0.05, 0) is 54.3 Å². The molecular formula is C22H17ClN2O3S. The van der Waals surface area contributed by atoms with E-state index in [9.17, 15) is 9.59 Å². The van der Waals surface area contributed by atoms with Gasteiger partial charge in [0.15, 0.2) is 0 Å². The number of rotatable bonds is 5. The van der Waals surface area contributed by atoms with Crippen LogP contribution < -0.4 is 15.0 Å².